The molecule has 0 radical (unpaired) electrons. The van der Waals surface area contributed by atoms with Gasteiger partial charge in [-0.1, -0.05) is 48.0 Å². The molecule has 0 aliphatic carbocycles. The maximum absolute atomic E-state index is 12.2. The maximum Gasteiger partial charge on any atom is 0.364 e. The highest BCUT2D eigenvalue weighted by Crippen LogP contribution is 2.34. The zero-order chi connectivity index (χ0) is 16.7. The van der Waals surface area contributed by atoms with Crippen molar-refractivity contribution < 1.29 is 14.8 Å². The normalized spacial score (nSPS) is 19.9. The lowest BCUT2D eigenvalue weighted by molar-refractivity contribution is -0.712. The molecule has 0 bridgehead atoms. The Labute approximate surface area is 144 Å². The molecular weight excluding hydrogens is 324 g/mol. The number of esters is 1. The van der Waals surface area contributed by atoms with Crippen LogP contribution in [-0.2, 0) is 16.0 Å². The van der Waals surface area contributed by atoms with Gasteiger partial charge in [0.2, 0.25) is 0 Å². The molecule has 1 aromatic heterocycles. The fraction of sp³-hybridized carbons (Fsp3) is 0.211. The number of nitrogens with one attached hydrogen (secondary N) is 1. The number of nitrogens with two attached hydrogens (primary N) is 1. The number of H-pyrrole nitrogens is 1. The van der Waals surface area contributed by atoms with Gasteiger partial charge >= 0.3 is 5.97 Å². The fourth-order valence-electron chi connectivity index (χ4n) is 3.62. The van der Waals surface area contributed by atoms with Crippen LogP contribution >= 0.6 is 11.6 Å². The summed E-state index contributed by atoms with van der Waals surface area (Å²) in [6.45, 7) is 0. The Balaban J connectivity index is 1.90. The number of carbonyl (C=O) groups is 1. The van der Waals surface area contributed by atoms with Crippen LogP contribution in [0.3, 0.4) is 0 Å². The molecule has 1 aliphatic rings. The van der Waals surface area contributed by atoms with Crippen LogP contribution in [0.4, 0.5) is 0 Å². The van der Waals surface area contributed by atoms with Gasteiger partial charge in [0, 0.05) is 22.9 Å². The lowest BCUT2D eigenvalue weighted by atomic mass is 9.90. The zero-order valence-corrected chi connectivity index (χ0v) is 14.0. The predicted molar refractivity (Wildman–Crippen MR) is 93.0 cm³/mol. The fourth-order valence-corrected chi connectivity index (χ4v) is 3.88. The topological polar surface area (TPSA) is 58.7 Å². The third-order valence-corrected chi connectivity index (χ3v) is 5.09. The molecule has 2 aromatic carbocycles. The van der Waals surface area contributed by atoms with Gasteiger partial charge < -0.3 is 15.0 Å². The highest BCUT2D eigenvalue weighted by molar-refractivity contribution is 6.31. The first-order valence-corrected chi connectivity index (χ1v) is 8.33. The molecule has 0 amide bonds. The number of benzene rings is 2. The quantitative estimate of drug-likeness (QED) is 0.704. The van der Waals surface area contributed by atoms with Gasteiger partial charge in [0.15, 0.2) is 12.1 Å². The second-order valence-corrected chi connectivity index (χ2v) is 6.50. The molecule has 2 atom stereocenters. The van der Waals surface area contributed by atoms with Crippen molar-refractivity contribution in [2.45, 2.75) is 18.5 Å². The molecule has 0 fully saturated rings. The Morgan fingerprint density at radius 1 is 1.21 bits per heavy atom. The van der Waals surface area contributed by atoms with Crippen LogP contribution in [0, 0.1) is 0 Å². The number of rotatable bonds is 2. The second-order valence-electron chi connectivity index (χ2n) is 6.09. The van der Waals surface area contributed by atoms with Gasteiger partial charge in [-0.15, -0.1) is 0 Å². The first-order chi connectivity index (χ1) is 11.7. The molecule has 4 nitrogen and oxygen atoms in total. The van der Waals surface area contributed by atoms with Crippen LogP contribution in [0.5, 0.6) is 0 Å². The van der Waals surface area contributed by atoms with Gasteiger partial charge in [-0.2, -0.15) is 0 Å². The van der Waals surface area contributed by atoms with E-state index in [0.717, 1.165) is 22.2 Å². The van der Waals surface area contributed by atoms with Crippen molar-refractivity contribution in [2.24, 2.45) is 0 Å². The number of aromatic amines is 1. The van der Waals surface area contributed by atoms with Gasteiger partial charge in [0.25, 0.3) is 0 Å². The van der Waals surface area contributed by atoms with Crippen molar-refractivity contribution in [3.63, 3.8) is 0 Å². The molecule has 122 valence electrons. The molecule has 2 heterocycles. The number of carbonyl (C=O) groups excluding carboxylic acids is 1. The summed E-state index contributed by atoms with van der Waals surface area (Å²) in [7, 11) is 1.44. The molecular formula is C19H18ClN2O2+. The van der Waals surface area contributed by atoms with Gasteiger partial charge in [-0.25, -0.2) is 4.79 Å². The Morgan fingerprint density at radius 2 is 1.96 bits per heavy atom. The van der Waals surface area contributed by atoms with Crippen molar-refractivity contribution in [1.29, 1.82) is 0 Å². The minimum absolute atomic E-state index is 0.0565. The van der Waals surface area contributed by atoms with Gasteiger partial charge in [0.05, 0.1) is 17.8 Å². The predicted octanol–water partition coefficient (Wildman–Crippen LogP) is 2.57. The van der Waals surface area contributed by atoms with Crippen LogP contribution in [0.2, 0.25) is 5.02 Å². The first kappa shape index (κ1) is 15.2. The van der Waals surface area contributed by atoms with Crippen LogP contribution in [0.25, 0.3) is 10.9 Å². The van der Waals surface area contributed by atoms with Crippen LogP contribution < -0.4 is 5.32 Å². The number of para-hydroxylation sites is 1. The number of aromatic nitrogens is 1. The van der Waals surface area contributed by atoms with E-state index in [9.17, 15) is 4.79 Å². The Hall–Kier alpha value is -2.30. The smallest absolute Gasteiger partial charge is 0.364 e. The maximum atomic E-state index is 12.2. The van der Waals surface area contributed by atoms with Gasteiger partial charge in [-0.05, 0) is 17.7 Å². The number of quaternary nitrogens is 1. The van der Waals surface area contributed by atoms with E-state index in [2.05, 4.69) is 17.1 Å². The molecule has 4 rings (SSSR count). The lowest BCUT2D eigenvalue weighted by Gasteiger charge is -2.27. The first-order valence-electron chi connectivity index (χ1n) is 7.95. The zero-order valence-electron chi connectivity index (χ0n) is 13.3. The largest absolute Gasteiger partial charge is 0.465 e. The summed E-state index contributed by atoms with van der Waals surface area (Å²) in [5, 5.41) is 3.91. The van der Waals surface area contributed by atoms with E-state index in [-0.39, 0.29) is 18.1 Å². The monoisotopic (exact) mass is 341 g/mol. The molecule has 0 spiro atoms. The number of methoxy groups -OCH3 is 1. The second kappa shape index (κ2) is 5.96. The third kappa shape index (κ3) is 2.39. The van der Waals surface area contributed by atoms with E-state index < -0.39 is 0 Å². The standard InChI is InChI=1S/C19H17ClN2O2/c1-24-19(23)16-10-13-11-6-3-5-9-15(11)21-18(13)17(22-16)12-7-2-4-8-14(12)20/h2-9,16-17,21-22H,10H2,1H3/p+1/t16-,17-/m1/s1. The van der Waals surface area contributed by atoms with Crippen molar-refractivity contribution in [3.8, 4) is 0 Å². The summed E-state index contributed by atoms with van der Waals surface area (Å²) in [5.74, 6) is -0.206. The minimum atomic E-state index is -0.275. The summed E-state index contributed by atoms with van der Waals surface area (Å²) in [6, 6.07) is 15.6. The van der Waals surface area contributed by atoms with Crippen LogP contribution in [-0.4, -0.2) is 24.1 Å². The molecule has 0 unspecified atom stereocenters. The minimum Gasteiger partial charge on any atom is -0.465 e. The van der Waals surface area contributed by atoms with Crippen LogP contribution in [0.15, 0.2) is 48.5 Å². The van der Waals surface area contributed by atoms with Crippen molar-refractivity contribution in [1.82, 2.24) is 4.98 Å². The van der Waals surface area contributed by atoms with Crippen molar-refractivity contribution >= 4 is 28.5 Å². The Bertz CT molecular complexity index is 919. The molecule has 1 aliphatic heterocycles. The summed E-state index contributed by atoms with van der Waals surface area (Å²) in [4.78, 5) is 15.7. The van der Waals surface area contributed by atoms with E-state index in [1.807, 2.05) is 41.7 Å². The van der Waals surface area contributed by atoms with Crippen molar-refractivity contribution in [3.05, 3.63) is 70.4 Å². The molecule has 3 N–H and O–H groups in total. The number of fused-ring (bicyclic) bond motifs is 3. The van der Waals surface area contributed by atoms with Crippen LogP contribution in [0.1, 0.15) is 22.9 Å². The Morgan fingerprint density at radius 3 is 2.75 bits per heavy atom. The number of hydrogen-bond acceptors (Lipinski definition) is 2. The van der Waals surface area contributed by atoms with E-state index in [4.69, 9.17) is 16.3 Å². The van der Waals surface area contributed by atoms with E-state index in [0.29, 0.717) is 11.4 Å². The lowest BCUT2D eigenvalue weighted by Crippen LogP contribution is -2.94. The summed E-state index contributed by atoms with van der Waals surface area (Å²) < 4.78 is 4.99. The summed E-state index contributed by atoms with van der Waals surface area (Å²) in [5.41, 5.74) is 4.37. The highest BCUT2D eigenvalue weighted by Gasteiger charge is 2.38. The summed E-state index contributed by atoms with van der Waals surface area (Å²) in [6.07, 6.45) is 0.646. The van der Waals surface area contributed by atoms with Gasteiger partial charge in [-0.3, -0.25) is 0 Å². The SMILES string of the molecule is COC(=O)[C@H]1Cc2c([nH]c3ccccc23)[C@@H](c2ccccc2Cl)[NH2+]1. The van der Waals surface area contributed by atoms with E-state index in [1.54, 1.807) is 0 Å². The van der Waals surface area contributed by atoms with E-state index in [1.165, 1.54) is 12.7 Å². The average molecular weight is 342 g/mol. The number of halogens is 1. The Kier molecular flexibility index (Phi) is 3.79. The molecule has 5 heteroatoms. The van der Waals surface area contributed by atoms with E-state index >= 15 is 0 Å². The molecule has 0 saturated carbocycles. The number of ether oxygens (including phenoxy) is 1. The van der Waals surface area contributed by atoms with Gasteiger partial charge in [0.1, 0.15) is 0 Å². The molecule has 24 heavy (non-hydrogen) atoms. The number of hydrogen-bond donors (Lipinski definition) is 2. The average Bonchev–Trinajstić information content (AvgIpc) is 2.99. The molecule has 0 saturated heterocycles. The highest BCUT2D eigenvalue weighted by atomic mass is 35.5. The third-order valence-electron chi connectivity index (χ3n) is 4.75. The molecule has 3 aromatic rings. The van der Waals surface area contributed by atoms with Crippen molar-refractivity contribution in [2.75, 3.05) is 7.11 Å². The summed E-state index contributed by atoms with van der Waals surface area (Å²) >= 11 is 6.43.